The van der Waals surface area contributed by atoms with E-state index in [-0.39, 0.29) is 28.7 Å². The number of piperidine rings is 1. The molecule has 9 nitrogen and oxygen atoms in total. The first-order chi connectivity index (χ1) is 29.8. The second kappa shape index (κ2) is 21.0. The lowest BCUT2D eigenvalue weighted by molar-refractivity contribution is 0.0591. The Morgan fingerprint density at radius 3 is 1.63 bits per heavy atom. The van der Waals surface area contributed by atoms with Crippen LogP contribution in [0.5, 0.6) is 17.2 Å². The number of esters is 2. The maximum Gasteiger partial charge on any atom is 0.337 e. The summed E-state index contributed by atoms with van der Waals surface area (Å²) in [7, 11) is 2.74. The summed E-state index contributed by atoms with van der Waals surface area (Å²) in [6.45, 7) is 13.6. The van der Waals surface area contributed by atoms with E-state index in [0.717, 1.165) is 70.5 Å². The first-order valence-corrected chi connectivity index (χ1v) is 22.1. The smallest absolute Gasteiger partial charge is 0.337 e. The van der Waals surface area contributed by atoms with Crippen LogP contribution < -0.4 is 14.2 Å². The third-order valence-electron chi connectivity index (χ3n) is 11.4. The molecule has 1 saturated heterocycles. The predicted octanol–water partition coefficient (Wildman–Crippen LogP) is 10.6. The van der Waals surface area contributed by atoms with Gasteiger partial charge in [0.15, 0.2) is 0 Å². The minimum Gasteiger partial charge on any atom is -0.492 e. The topological polar surface area (TPSA) is 101 Å². The number of ether oxygens (including phenoxy) is 5. The number of nitrogens with zero attached hydrogens (tertiary/aromatic N) is 1. The second-order valence-corrected chi connectivity index (χ2v) is 17.8. The van der Waals surface area contributed by atoms with Gasteiger partial charge in [-0.15, -0.1) is 0 Å². The zero-order valence-electron chi connectivity index (χ0n) is 36.3. The molecule has 0 spiro atoms. The highest BCUT2D eigenvalue weighted by Gasteiger charge is 2.38. The lowest BCUT2D eigenvalue weighted by Gasteiger charge is -2.27. The van der Waals surface area contributed by atoms with Crippen LogP contribution in [0.15, 0.2) is 127 Å². The van der Waals surface area contributed by atoms with Gasteiger partial charge in [-0.1, -0.05) is 93.2 Å². The van der Waals surface area contributed by atoms with Gasteiger partial charge >= 0.3 is 11.9 Å². The molecule has 1 fully saturated rings. The number of carbonyl (C=O) groups is 3. The quantitative estimate of drug-likeness (QED) is 0.0775. The molecule has 3 aliphatic rings. The number of carbonyl (C=O) groups excluding carboxylic acids is 3. The molecule has 0 N–H and O–H groups in total. The molecule has 0 saturated carbocycles. The normalized spacial score (nSPS) is 18.2. The molecule has 2 unspecified atom stereocenters. The zero-order valence-corrected chi connectivity index (χ0v) is 38.5. The molecular weight excluding hydrogens is 893 g/mol. The Bertz CT molecular complexity index is 2360. The molecule has 5 aromatic rings. The Labute approximate surface area is 379 Å². The summed E-state index contributed by atoms with van der Waals surface area (Å²) in [6, 6.07) is 37.7. The molecule has 62 heavy (non-hydrogen) atoms. The molecule has 324 valence electrons. The fraction of sp³-hybridized carbons (Fsp3) is 0.327. The van der Waals surface area contributed by atoms with Gasteiger partial charge in [0.05, 0.1) is 42.1 Å². The molecule has 0 bridgehead atoms. The van der Waals surface area contributed by atoms with Crippen LogP contribution in [0.25, 0.3) is 0 Å². The summed E-state index contributed by atoms with van der Waals surface area (Å²) in [6.07, 6.45) is 5.32. The van der Waals surface area contributed by atoms with E-state index >= 15 is 0 Å². The Morgan fingerprint density at radius 2 is 1.13 bits per heavy atom. The number of fused-ring (bicyclic) bond motifs is 2. The van der Waals surface area contributed by atoms with Gasteiger partial charge in [0, 0.05) is 40.6 Å². The molecule has 1 amide bonds. The van der Waals surface area contributed by atoms with E-state index in [0.29, 0.717) is 36.7 Å². The molecule has 3 aliphatic heterocycles. The van der Waals surface area contributed by atoms with Gasteiger partial charge in [0.25, 0.3) is 5.91 Å². The standard InChI is InChI=1S/C22H25NO2.C18H18O3.C12H13IO3/c1-22(15-17-8-4-2-5-9-17)16-25-20-14-18(10-11-19(20)22)21(24)23-12-6-3-7-13-23;1-18(11-13-6-4-3-5-7-13)12-21-16-10-14(17(19)20-2)8-9-15(16)18;1-8(2)7-16-11-6-9(12(14)15-3)4-5-10(11)13/h2,4-5,8-11,14H,3,6-7,12-13,15-16H2,1H3;3-10H,11-12H2,1-2H3;4-6H,1,7H2,2-3H3. The first-order valence-electron chi connectivity index (χ1n) is 21.0. The highest BCUT2D eigenvalue weighted by atomic mass is 127. The van der Waals surface area contributed by atoms with Crippen molar-refractivity contribution < 1.29 is 38.1 Å². The van der Waals surface area contributed by atoms with Crippen LogP contribution in [0.1, 0.15) is 93.4 Å². The minimum absolute atomic E-state index is 0.0383. The molecule has 0 radical (unpaired) electrons. The Kier molecular flexibility index (Phi) is 15.5. The van der Waals surface area contributed by atoms with Crippen molar-refractivity contribution in [3.05, 3.63) is 170 Å². The fourth-order valence-electron chi connectivity index (χ4n) is 8.01. The van der Waals surface area contributed by atoms with Crippen LogP contribution >= 0.6 is 22.6 Å². The van der Waals surface area contributed by atoms with Crippen molar-refractivity contribution in [1.29, 1.82) is 0 Å². The van der Waals surface area contributed by atoms with Gasteiger partial charge in [-0.05, 0) is 121 Å². The number of hydrogen-bond acceptors (Lipinski definition) is 8. The highest BCUT2D eigenvalue weighted by Crippen LogP contribution is 2.43. The highest BCUT2D eigenvalue weighted by molar-refractivity contribution is 14.1. The van der Waals surface area contributed by atoms with Crippen LogP contribution in [0, 0.1) is 3.57 Å². The number of benzene rings is 5. The van der Waals surface area contributed by atoms with Gasteiger partial charge in [0.2, 0.25) is 0 Å². The predicted molar refractivity (Wildman–Crippen MR) is 251 cm³/mol. The molecule has 5 aromatic carbocycles. The number of likely N-dealkylation sites (tertiary alicyclic amines) is 1. The van der Waals surface area contributed by atoms with Crippen molar-refractivity contribution in [1.82, 2.24) is 4.90 Å². The van der Waals surface area contributed by atoms with Crippen molar-refractivity contribution in [3.8, 4) is 17.2 Å². The molecule has 3 heterocycles. The van der Waals surface area contributed by atoms with Crippen molar-refractivity contribution in [2.45, 2.75) is 63.7 Å². The van der Waals surface area contributed by atoms with E-state index in [4.69, 9.17) is 18.9 Å². The third-order valence-corrected chi connectivity index (χ3v) is 12.3. The Hall–Kier alpha value is -5.62. The maximum absolute atomic E-state index is 12.7. The summed E-state index contributed by atoms with van der Waals surface area (Å²) in [5, 5.41) is 0. The monoisotopic (exact) mass is 949 g/mol. The van der Waals surface area contributed by atoms with E-state index in [2.05, 4.69) is 102 Å². The van der Waals surface area contributed by atoms with Crippen molar-refractivity contribution in [3.63, 3.8) is 0 Å². The van der Waals surface area contributed by atoms with Crippen LogP contribution in [0.3, 0.4) is 0 Å². The molecule has 10 heteroatoms. The second-order valence-electron chi connectivity index (χ2n) is 16.7. The van der Waals surface area contributed by atoms with Gasteiger partial charge < -0.3 is 28.6 Å². The van der Waals surface area contributed by atoms with E-state index in [1.54, 1.807) is 18.2 Å². The van der Waals surface area contributed by atoms with Crippen LogP contribution in [0.2, 0.25) is 0 Å². The van der Waals surface area contributed by atoms with Crippen LogP contribution in [0.4, 0.5) is 0 Å². The van der Waals surface area contributed by atoms with Crippen molar-refractivity contribution in [2.75, 3.05) is 47.1 Å². The number of halogens is 1. The lowest BCUT2D eigenvalue weighted by atomic mass is 9.79. The zero-order chi connectivity index (χ0) is 44.3. The van der Waals surface area contributed by atoms with Crippen LogP contribution in [-0.4, -0.2) is 69.9 Å². The van der Waals surface area contributed by atoms with Gasteiger partial charge in [-0.25, -0.2) is 9.59 Å². The van der Waals surface area contributed by atoms with E-state index < -0.39 is 0 Å². The number of rotatable bonds is 10. The van der Waals surface area contributed by atoms with Gasteiger partial charge in [-0.3, -0.25) is 4.79 Å². The number of hydrogen-bond donors (Lipinski definition) is 0. The fourth-order valence-corrected chi connectivity index (χ4v) is 8.50. The summed E-state index contributed by atoms with van der Waals surface area (Å²) < 4.78 is 27.7. The maximum atomic E-state index is 12.7. The number of amides is 1. The van der Waals surface area contributed by atoms with E-state index in [1.165, 1.54) is 37.3 Å². The molecular formula is C52H56INO8. The average Bonchev–Trinajstić information content (AvgIpc) is 3.80. The first kappa shape index (κ1) is 45.9. The van der Waals surface area contributed by atoms with E-state index in [9.17, 15) is 14.4 Å². The summed E-state index contributed by atoms with van der Waals surface area (Å²) in [4.78, 5) is 37.6. The van der Waals surface area contributed by atoms with Crippen molar-refractivity contribution in [2.24, 2.45) is 0 Å². The minimum atomic E-state index is -0.364. The summed E-state index contributed by atoms with van der Waals surface area (Å²) in [5.41, 5.74) is 7.56. The molecule has 0 aromatic heterocycles. The molecule has 2 atom stereocenters. The summed E-state index contributed by atoms with van der Waals surface area (Å²) in [5.74, 6) is 1.78. The van der Waals surface area contributed by atoms with Gasteiger partial charge in [0.1, 0.15) is 23.9 Å². The number of methoxy groups -OCH3 is 2. The van der Waals surface area contributed by atoms with Crippen LogP contribution in [-0.2, 0) is 33.1 Å². The Morgan fingerprint density at radius 1 is 0.661 bits per heavy atom. The van der Waals surface area contributed by atoms with E-state index in [1.807, 2.05) is 54.3 Å². The van der Waals surface area contributed by atoms with Crippen molar-refractivity contribution >= 4 is 40.4 Å². The lowest BCUT2D eigenvalue weighted by Crippen LogP contribution is -2.35. The summed E-state index contributed by atoms with van der Waals surface area (Å²) >= 11 is 2.15. The largest absolute Gasteiger partial charge is 0.492 e. The average molecular weight is 950 g/mol. The molecule has 0 aliphatic carbocycles. The SMILES string of the molecule is C=C(C)COc1cc(C(=O)OC)ccc1I.CC1(Cc2ccccc2)COc2cc(C(=O)N3CCCCC3)ccc21.COC(=O)c1ccc2c(c1)OCC2(C)Cc1ccccc1. The third kappa shape index (κ3) is 11.4. The Balaban J connectivity index is 0.000000159. The molecule has 8 rings (SSSR count). The van der Waals surface area contributed by atoms with Gasteiger partial charge in [-0.2, -0.15) is 0 Å².